The topological polar surface area (TPSA) is 26.3 Å². The van der Waals surface area contributed by atoms with Gasteiger partial charge < -0.3 is 4.74 Å². The Morgan fingerprint density at radius 3 is 2.26 bits per heavy atom. The van der Waals surface area contributed by atoms with Crippen LogP contribution in [0.4, 0.5) is 0 Å². The van der Waals surface area contributed by atoms with Crippen molar-refractivity contribution < 1.29 is 9.53 Å². The first-order valence-corrected chi connectivity index (χ1v) is 7.28. The van der Waals surface area contributed by atoms with E-state index in [0.29, 0.717) is 21.9 Å². The Morgan fingerprint density at radius 1 is 1.11 bits per heavy atom. The fourth-order valence-corrected chi connectivity index (χ4v) is 2.38. The molecule has 0 aliphatic rings. The van der Waals surface area contributed by atoms with Crippen LogP contribution in [0, 0.1) is 0 Å². The molecule has 0 fully saturated rings. The van der Waals surface area contributed by atoms with Crippen molar-refractivity contribution in [2.24, 2.45) is 0 Å². The third-order valence-corrected chi connectivity index (χ3v) is 3.81. The highest BCUT2D eigenvalue weighted by Gasteiger charge is 2.11. The standard InChI is InChI=1S/C15H13ClO2S/c1-18-14-8-5-11(9-13(14)16)15(17)10-3-6-12(19-2)7-4-10/h3-9H,1-2H3. The molecule has 0 saturated carbocycles. The third kappa shape index (κ3) is 3.11. The number of ketones is 1. The molecule has 0 saturated heterocycles. The van der Waals surface area contributed by atoms with Crippen molar-refractivity contribution in [1.29, 1.82) is 0 Å². The van der Waals surface area contributed by atoms with E-state index < -0.39 is 0 Å². The minimum Gasteiger partial charge on any atom is -0.495 e. The molecular formula is C15H13ClO2S. The van der Waals surface area contributed by atoms with E-state index in [-0.39, 0.29) is 5.78 Å². The van der Waals surface area contributed by atoms with Crippen molar-refractivity contribution in [2.75, 3.05) is 13.4 Å². The monoisotopic (exact) mass is 292 g/mol. The Labute approximate surface area is 121 Å². The van der Waals surface area contributed by atoms with Gasteiger partial charge in [-0.2, -0.15) is 0 Å². The summed E-state index contributed by atoms with van der Waals surface area (Å²) in [6.45, 7) is 0. The lowest BCUT2D eigenvalue weighted by atomic mass is 10.0. The Bertz CT molecular complexity index is 594. The van der Waals surface area contributed by atoms with Gasteiger partial charge >= 0.3 is 0 Å². The number of halogens is 1. The number of rotatable bonds is 4. The lowest BCUT2D eigenvalue weighted by Gasteiger charge is -2.06. The van der Waals surface area contributed by atoms with Gasteiger partial charge in [0.05, 0.1) is 12.1 Å². The zero-order chi connectivity index (χ0) is 13.8. The lowest BCUT2D eigenvalue weighted by Crippen LogP contribution is -2.01. The zero-order valence-electron chi connectivity index (χ0n) is 10.6. The zero-order valence-corrected chi connectivity index (χ0v) is 12.2. The first-order valence-electron chi connectivity index (χ1n) is 5.68. The van der Waals surface area contributed by atoms with E-state index in [0.717, 1.165) is 4.90 Å². The number of carbonyl (C=O) groups excluding carboxylic acids is 1. The fraction of sp³-hybridized carbons (Fsp3) is 0.133. The first kappa shape index (κ1) is 14.0. The van der Waals surface area contributed by atoms with Crippen LogP contribution in [0.2, 0.25) is 5.02 Å². The van der Waals surface area contributed by atoms with Gasteiger partial charge in [-0.1, -0.05) is 11.6 Å². The van der Waals surface area contributed by atoms with Crippen molar-refractivity contribution in [3.63, 3.8) is 0 Å². The molecule has 0 unspecified atom stereocenters. The minimum absolute atomic E-state index is 0.0443. The van der Waals surface area contributed by atoms with E-state index in [1.165, 1.54) is 0 Å². The van der Waals surface area contributed by atoms with Gasteiger partial charge in [0.15, 0.2) is 5.78 Å². The summed E-state index contributed by atoms with van der Waals surface area (Å²) < 4.78 is 5.07. The van der Waals surface area contributed by atoms with Gasteiger partial charge in [-0.25, -0.2) is 0 Å². The van der Waals surface area contributed by atoms with Gasteiger partial charge in [0.1, 0.15) is 5.75 Å². The molecule has 0 N–H and O–H groups in total. The van der Waals surface area contributed by atoms with Crippen molar-refractivity contribution in [3.8, 4) is 5.75 Å². The molecular weight excluding hydrogens is 280 g/mol. The van der Waals surface area contributed by atoms with E-state index in [2.05, 4.69) is 0 Å². The smallest absolute Gasteiger partial charge is 0.193 e. The second kappa shape index (κ2) is 6.13. The van der Waals surface area contributed by atoms with Gasteiger partial charge in [0.2, 0.25) is 0 Å². The predicted octanol–water partition coefficient (Wildman–Crippen LogP) is 4.30. The largest absolute Gasteiger partial charge is 0.495 e. The summed E-state index contributed by atoms with van der Waals surface area (Å²) in [5, 5.41) is 0.439. The summed E-state index contributed by atoms with van der Waals surface area (Å²) in [6.07, 6.45) is 2.00. The number of methoxy groups -OCH3 is 1. The fourth-order valence-electron chi connectivity index (χ4n) is 1.72. The lowest BCUT2D eigenvalue weighted by molar-refractivity contribution is 0.103. The molecule has 98 valence electrons. The number of hydrogen-bond donors (Lipinski definition) is 0. The van der Waals surface area contributed by atoms with E-state index in [4.69, 9.17) is 16.3 Å². The molecule has 0 heterocycles. The predicted molar refractivity (Wildman–Crippen MR) is 79.7 cm³/mol. The number of hydrogen-bond acceptors (Lipinski definition) is 3. The first-order chi connectivity index (χ1) is 9.15. The van der Waals surface area contributed by atoms with Crippen LogP contribution in [-0.2, 0) is 0 Å². The van der Waals surface area contributed by atoms with E-state index in [1.807, 2.05) is 30.5 Å². The molecule has 2 aromatic rings. The molecule has 0 aromatic heterocycles. The van der Waals surface area contributed by atoms with Gasteiger partial charge in [0, 0.05) is 16.0 Å². The third-order valence-electron chi connectivity index (χ3n) is 2.77. The average molecular weight is 293 g/mol. The Hall–Kier alpha value is -1.45. The normalized spacial score (nSPS) is 10.3. The highest BCUT2D eigenvalue weighted by Crippen LogP contribution is 2.26. The van der Waals surface area contributed by atoms with Crippen LogP contribution >= 0.6 is 23.4 Å². The summed E-state index contributed by atoms with van der Waals surface area (Å²) in [5.74, 6) is 0.521. The Balaban J connectivity index is 2.30. The molecule has 2 aromatic carbocycles. The Morgan fingerprint density at radius 2 is 1.74 bits per heavy atom. The molecule has 0 amide bonds. The highest BCUT2D eigenvalue weighted by molar-refractivity contribution is 7.98. The van der Waals surface area contributed by atoms with Gasteiger partial charge in [-0.05, 0) is 48.7 Å². The van der Waals surface area contributed by atoms with Crippen LogP contribution in [0.5, 0.6) is 5.75 Å². The summed E-state index contributed by atoms with van der Waals surface area (Å²) in [7, 11) is 1.55. The molecule has 2 nitrogen and oxygen atoms in total. The second-order valence-electron chi connectivity index (χ2n) is 3.91. The van der Waals surface area contributed by atoms with E-state index in [9.17, 15) is 4.79 Å². The van der Waals surface area contributed by atoms with E-state index >= 15 is 0 Å². The van der Waals surface area contributed by atoms with Gasteiger partial charge in [-0.15, -0.1) is 11.8 Å². The SMILES string of the molecule is COc1ccc(C(=O)c2ccc(SC)cc2)cc1Cl. The van der Waals surface area contributed by atoms with Gasteiger partial charge in [0.25, 0.3) is 0 Å². The molecule has 0 aliphatic heterocycles. The summed E-state index contributed by atoms with van der Waals surface area (Å²) in [6, 6.07) is 12.6. The highest BCUT2D eigenvalue weighted by atomic mass is 35.5. The summed E-state index contributed by atoms with van der Waals surface area (Å²) in [5.41, 5.74) is 1.21. The van der Waals surface area contributed by atoms with Crippen LogP contribution < -0.4 is 4.74 Å². The number of carbonyl (C=O) groups is 1. The number of thioether (sulfide) groups is 1. The maximum absolute atomic E-state index is 12.3. The maximum atomic E-state index is 12.3. The van der Waals surface area contributed by atoms with Crippen molar-refractivity contribution in [1.82, 2.24) is 0 Å². The quantitative estimate of drug-likeness (QED) is 0.621. The van der Waals surface area contributed by atoms with E-state index in [1.54, 1.807) is 37.1 Å². The Kier molecular flexibility index (Phi) is 4.51. The maximum Gasteiger partial charge on any atom is 0.193 e. The van der Waals surface area contributed by atoms with Crippen LogP contribution in [0.25, 0.3) is 0 Å². The molecule has 0 bridgehead atoms. The number of ether oxygens (including phenoxy) is 1. The number of benzene rings is 2. The van der Waals surface area contributed by atoms with Crippen molar-refractivity contribution >= 4 is 29.1 Å². The second-order valence-corrected chi connectivity index (χ2v) is 5.19. The van der Waals surface area contributed by atoms with Crippen LogP contribution in [0.1, 0.15) is 15.9 Å². The summed E-state index contributed by atoms with van der Waals surface area (Å²) >= 11 is 7.67. The van der Waals surface area contributed by atoms with Crippen LogP contribution in [-0.4, -0.2) is 19.1 Å². The molecule has 0 aliphatic carbocycles. The molecule has 2 rings (SSSR count). The molecule has 19 heavy (non-hydrogen) atoms. The van der Waals surface area contributed by atoms with Crippen molar-refractivity contribution in [2.45, 2.75) is 4.90 Å². The van der Waals surface area contributed by atoms with Gasteiger partial charge in [-0.3, -0.25) is 4.79 Å². The molecule has 0 spiro atoms. The van der Waals surface area contributed by atoms with Crippen molar-refractivity contribution in [3.05, 3.63) is 58.6 Å². The van der Waals surface area contributed by atoms with Crippen LogP contribution in [0.15, 0.2) is 47.4 Å². The molecule has 0 radical (unpaired) electrons. The average Bonchev–Trinajstić information content (AvgIpc) is 2.46. The molecule has 4 heteroatoms. The van der Waals surface area contributed by atoms with Crippen LogP contribution in [0.3, 0.4) is 0 Å². The molecule has 0 atom stereocenters. The summed E-state index contributed by atoms with van der Waals surface area (Å²) in [4.78, 5) is 13.4. The minimum atomic E-state index is -0.0443.